The Bertz CT molecular complexity index is 120. The average molecular weight is 141 g/mol. The molecule has 1 atom stereocenters. The highest BCUT2D eigenvalue weighted by Crippen LogP contribution is 2.02. The summed E-state index contributed by atoms with van der Waals surface area (Å²) in [6.07, 6.45) is 2.48. The Morgan fingerprint density at radius 1 is 1.80 bits per heavy atom. The minimum absolute atomic E-state index is 0.0996. The van der Waals surface area contributed by atoms with Gasteiger partial charge in [-0.3, -0.25) is 0 Å². The van der Waals surface area contributed by atoms with Crippen LogP contribution in [0.4, 0.5) is 0 Å². The summed E-state index contributed by atoms with van der Waals surface area (Å²) in [5, 5.41) is 0. The van der Waals surface area contributed by atoms with Crippen molar-refractivity contribution in [3.8, 4) is 0 Å². The molecule has 0 aromatic rings. The van der Waals surface area contributed by atoms with Crippen LogP contribution in [0, 0.1) is 0 Å². The Labute approximate surface area is 62.4 Å². The minimum Gasteiger partial charge on any atom is -0.497 e. The molecule has 0 fully saturated rings. The van der Waals surface area contributed by atoms with Crippen LogP contribution in [0.15, 0.2) is 25.0 Å². The van der Waals surface area contributed by atoms with Crippen molar-refractivity contribution < 1.29 is 4.74 Å². The number of ether oxygens (including phenoxy) is 1. The maximum absolute atomic E-state index is 5.62. The van der Waals surface area contributed by atoms with Crippen LogP contribution in [-0.4, -0.2) is 12.6 Å². The lowest BCUT2D eigenvalue weighted by Gasteiger charge is -2.12. The van der Waals surface area contributed by atoms with Crippen molar-refractivity contribution in [2.24, 2.45) is 5.73 Å². The molecule has 2 nitrogen and oxygen atoms in total. The zero-order chi connectivity index (χ0) is 7.98. The normalized spacial score (nSPS) is 12.2. The Morgan fingerprint density at radius 2 is 2.40 bits per heavy atom. The average Bonchev–Trinajstić information content (AvgIpc) is 1.89. The van der Waals surface area contributed by atoms with Crippen molar-refractivity contribution in [2.75, 3.05) is 6.61 Å². The molecule has 0 amide bonds. The zero-order valence-electron chi connectivity index (χ0n) is 6.47. The maximum atomic E-state index is 5.62. The molecule has 0 saturated carbocycles. The molecular formula is C8H15NO. The van der Waals surface area contributed by atoms with Crippen LogP contribution in [0.5, 0.6) is 0 Å². The van der Waals surface area contributed by atoms with Gasteiger partial charge in [-0.1, -0.05) is 12.7 Å². The number of hydrogen-bond donors (Lipinski definition) is 1. The summed E-state index contributed by atoms with van der Waals surface area (Å²) < 4.78 is 5.09. The second kappa shape index (κ2) is 5.06. The summed E-state index contributed by atoms with van der Waals surface area (Å²) in [6.45, 7) is 9.77. The topological polar surface area (TPSA) is 35.2 Å². The van der Waals surface area contributed by atoms with Gasteiger partial charge in [0.15, 0.2) is 0 Å². The van der Waals surface area contributed by atoms with Gasteiger partial charge in [-0.15, -0.1) is 6.58 Å². The number of nitrogens with two attached hydrogens (primary N) is 1. The quantitative estimate of drug-likeness (QED) is 0.464. The van der Waals surface area contributed by atoms with Gasteiger partial charge in [-0.2, -0.15) is 0 Å². The summed E-state index contributed by atoms with van der Waals surface area (Å²) in [4.78, 5) is 0. The summed E-state index contributed by atoms with van der Waals surface area (Å²) in [7, 11) is 0. The minimum atomic E-state index is -0.0996. The molecular weight excluding hydrogens is 126 g/mol. The van der Waals surface area contributed by atoms with E-state index in [1.165, 1.54) is 0 Å². The third-order valence-electron chi connectivity index (χ3n) is 1.16. The molecule has 2 heteroatoms. The molecule has 0 spiro atoms. The monoisotopic (exact) mass is 141 g/mol. The number of hydrogen-bond acceptors (Lipinski definition) is 2. The Balaban J connectivity index is 3.58. The van der Waals surface area contributed by atoms with E-state index >= 15 is 0 Å². The third-order valence-corrected chi connectivity index (χ3v) is 1.16. The van der Waals surface area contributed by atoms with E-state index in [0.29, 0.717) is 12.4 Å². The molecule has 58 valence electrons. The Kier molecular flexibility index (Phi) is 4.67. The molecule has 1 unspecified atom stereocenters. The maximum Gasteiger partial charge on any atom is 0.106 e. The van der Waals surface area contributed by atoms with Gasteiger partial charge in [0.25, 0.3) is 0 Å². The first-order valence-corrected chi connectivity index (χ1v) is 3.40. The van der Waals surface area contributed by atoms with Gasteiger partial charge in [0, 0.05) is 0 Å². The molecule has 0 saturated heterocycles. The van der Waals surface area contributed by atoms with Gasteiger partial charge in [-0.25, -0.2) is 0 Å². The van der Waals surface area contributed by atoms with Gasteiger partial charge in [0.05, 0.1) is 12.6 Å². The van der Waals surface area contributed by atoms with Crippen molar-refractivity contribution in [3.63, 3.8) is 0 Å². The molecule has 0 aliphatic rings. The van der Waals surface area contributed by atoms with Gasteiger partial charge in [0.1, 0.15) is 5.76 Å². The van der Waals surface area contributed by atoms with E-state index in [1.54, 1.807) is 6.08 Å². The first-order chi connectivity index (χ1) is 4.72. The van der Waals surface area contributed by atoms with Gasteiger partial charge in [-0.05, 0) is 13.3 Å². The first-order valence-electron chi connectivity index (χ1n) is 3.40. The van der Waals surface area contributed by atoms with Crippen molar-refractivity contribution in [2.45, 2.75) is 19.4 Å². The van der Waals surface area contributed by atoms with Crippen LogP contribution >= 0.6 is 0 Å². The van der Waals surface area contributed by atoms with Crippen molar-refractivity contribution in [3.05, 3.63) is 25.0 Å². The highest BCUT2D eigenvalue weighted by atomic mass is 16.5. The zero-order valence-corrected chi connectivity index (χ0v) is 6.47. The van der Waals surface area contributed by atoms with Crippen molar-refractivity contribution in [1.29, 1.82) is 0 Å². The fourth-order valence-corrected chi connectivity index (χ4v) is 0.603. The van der Waals surface area contributed by atoms with Crippen LogP contribution in [0.1, 0.15) is 13.3 Å². The molecule has 2 N–H and O–H groups in total. The highest BCUT2D eigenvalue weighted by Gasteiger charge is 2.03. The second-order valence-electron chi connectivity index (χ2n) is 2.03. The van der Waals surface area contributed by atoms with E-state index in [9.17, 15) is 0 Å². The standard InChI is InChI=1S/C8H15NO/c1-4-6-8(9)7(3)10-5-2/h4,8H,1,3,5-6,9H2,2H3. The molecule has 0 aliphatic heterocycles. The smallest absolute Gasteiger partial charge is 0.106 e. The van der Waals surface area contributed by atoms with E-state index in [2.05, 4.69) is 13.2 Å². The van der Waals surface area contributed by atoms with Gasteiger partial charge in [0.2, 0.25) is 0 Å². The summed E-state index contributed by atoms with van der Waals surface area (Å²) in [6, 6.07) is -0.0996. The largest absolute Gasteiger partial charge is 0.497 e. The molecule has 0 bridgehead atoms. The van der Waals surface area contributed by atoms with Gasteiger partial charge >= 0.3 is 0 Å². The fraction of sp³-hybridized carbons (Fsp3) is 0.500. The Hall–Kier alpha value is -0.760. The van der Waals surface area contributed by atoms with E-state index < -0.39 is 0 Å². The van der Waals surface area contributed by atoms with Gasteiger partial charge < -0.3 is 10.5 Å². The van der Waals surface area contributed by atoms with E-state index in [0.717, 1.165) is 6.42 Å². The van der Waals surface area contributed by atoms with E-state index in [4.69, 9.17) is 10.5 Å². The molecule has 0 rings (SSSR count). The van der Waals surface area contributed by atoms with E-state index in [-0.39, 0.29) is 6.04 Å². The summed E-state index contributed by atoms with van der Waals surface area (Å²) in [5.41, 5.74) is 5.62. The van der Waals surface area contributed by atoms with Crippen LogP contribution < -0.4 is 5.73 Å². The lowest BCUT2D eigenvalue weighted by molar-refractivity contribution is 0.211. The van der Waals surface area contributed by atoms with Crippen LogP contribution in [-0.2, 0) is 4.74 Å². The molecule has 0 aromatic carbocycles. The summed E-state index contributed by atoms with van der Waals surface area (Å²) in [5.74, 6) is 0.641. The van der Waals surface area contributed by atoms with Crippen molar-refractivity contribution >= 4 is 0 Å². The van der Waals surface area contributed by atoms with Crippen LogP contribution in [0.2, 0.25) is 0 Å². The van der Waals surface area contributed by atoms with Crippen molar-refractivity contribution in [1.82, 2.24) is 0 Å². The second-order valence-corrected chi connectivity index (χ2v) is 2.03. The SMILES string of the molecule is C=CCC(N)C(=C)OCC. The molecule has 0 heterocycles. The predicted molar refractivity (Wildman–Crippen MR) is 43.6 cm³/mol. The lowest BCUT2D eigenvalue weighted by Crippen LogP contribution is -2.22. The highest BCUT2D eigenvalue weighted by molar-refractivity contribution is 4.97. The predicted octanol–water partition coefficient (Wildman–Crippen LogP) is 1.44. The summed E-state index contributed by atoms with van der Waals surface area (Å²) >= 11 is 0. The lowest BCUT2D eigenvalue weighted by atomic mass is 10.2. The first kappa shape index (κ1) is 9.24. The molecule has 0 radical (unpaired) electrons. The number of rotatable bonds is 5. The van der Waals surface area contributed by atoms with E-state index in [1.807, 2.05) is 6.92 Å². The Morgan fingerprint density at radius 3 is 2.80 bits per heavy atom. The molecule has 0 aliphatic carbocycles. The third kappa shape index (κ3) is 3.30. The van der Waals surface area contributed by atoms with Crippen LogP contribution in [0.25, 0.3) is 0 Å². The molecule has 10 heavy (non-hydrogen) atoms. The van der Waals surface area contributed by atoms with Crippen LogP contribution in [0.3, 0.4) is 0 Å². The fourth-order valence-electron chi connectivity index (χ4n) is 0.603. The molecule has 0 aromatic heterocycles.